The summed E-state index contributed by atoms with van der Waals surface area (Å²) in [6.07, 6.45) is 0.104. The predicted octanol–water partition coefficient (Wildman–Crippen LogP) is 3.46. The van der Waals surface area contributed by atoms with Gasteiger partial charge in [-0.05, 0) is 30.4 Å². The maximum Gasteiger partial charge on any atom is 0.263 e. The topological polar surface area (TPSA) is 20.2 Å². The van der Waals surface area contributed by atoms with Crippen molar-refractivity contribution in [1.29, 1.82) is 0 Å². The van der Waals surface area contributed by atoms with Crippen LogP contribution in [0.25, 0.3) is 0 Å². The molecule has 0 spiro atoms. The number of rotatable bonds is 3. The summed E-state index contributed by atoms with van der Waals surface area (Å²) in [6, 6.07) is 6.10. The first-order valence-electron chi connectivity index (χ1n) is 5.24. The molecule has 1 fully saturated rings. The highest BCUT2D eigenvalue weighted by Gasteiger charge is 2.27. The summed E-state index contributed by atoms with van der Waals surface area (Å²) in [6.45, 7) is 0. The van der Waals surface area contributed by atoms with Crippen LogP contribution in [0.1, 0.15) is 42.9 Å². The molecule has 1 aromatic rings. The van der Waals surface area contributed by atoms with Crippen molar-refractivity contribution in [2.24, 2.45) is 5.92 Å². The van der Waals surface area contributed by atoms with Crippen LogP contribution < -0.4 is 0 Å². The van der Waals surface area contributed by atoms with E-state index in [0.717, 1.165) is 19.3 Å². The molecule has 15 heavy (non-hydrogen) atoms. The molecule has 0 amide bonds. The van der Waals surface area contributed by atoms with Crippen LogP contribution in [0.2, 0.25) is 0 Å². The molecule has 0 heterocycles. The molecule has 2 rings (SSSR count). The lowest BCUT2D eigenvalue weighted by Gasteiger charge is -2.30. The van der Waals surface area contributed by atoms with Crippen molar-refractivity contribution in [2.45, 2.75) is 31.8 Å². The van der Waals surface area contributed by atoms with Gasteiger partial charge in [0.2, 0.25) is 0 Å². The first-order chi connectivity index (χ1) is 7.18. The van der Waals surface area contributed by atoms with Gasteiger partial charge in [-0.2, -0.15) is 0 Å². The highest BCUT2D eigenvalue weighted by atomic mass is 19.3. The van der Waals surface area contributed by atoms with Crippen molar-refractivity contribution in [3.05, 3.63) is 35.4 Å². The van der Waals surface area contributed by atoms with Crippen LogP contribution >= 0.6 is 0 Å². The third kappa shape index (κ3) is 2.17. The molecule has 3 heteroatoms. The van der Waals surface area contributed by atoms with Gasteiger partial charge in [0, 0.05) is 5.56 Å². The first-order valence-corrected chi connectivity index (χ1v) is 5.24. The SMILES string of the molecule is OC(c1cccc(C(F)F)c1)C1CCC1. The summed E-state index contributed by atoms with van der Waals surface area (Å²) in [4.78, 5) is 0. The van der Waals surface area contributed by atoms with Gasteiger partial charge < -0.3 is 5.11 Å². The molecule has 0 radical (unpaired) electrons. The fourth-order valence-electron chi connectivity index (χ4n) is 1.91. The summed E-state index contributed by atoms with van der Waals surface area (Å²) in [5.41, 5.74) is 0.614. The average molecular weight is 212 g/mol. The van der Waals surface area contributed by atoms with Gasteiger partial charge in [0.05, 0.1) is 6.10 Å². The number of aliphatic hydroxyl groups is 1. The Bertz CT molecular complexity index is 334. The molecule has 1 aromatic carbocycles. The van der Waals surface area contributed by atoms with E-state index in [1.807, 2.05) is 0 Å². The van der Waals surface area contributed by atoms with Gasteiger partial charge in [0.15, 0.2) is 0 Å². The highest BCUT2D eigenvalue weighted by molar-refractivity contribution is 5.26. The van der Waals surface area contributed by atoms with Crippen molar-refractivity contribution in [2.75, 3.05) is 0 Å². The molecule has 1 saturated carbocycles. The minimum absolute atomic E-state index is 0.00845. The lowest BCUT2D eigenvalue weighted by Crippen LogP contribution is -2.20. The minimum Gasteiger partial charge on any atom is -0.388 e. The Labute approximate surface area is 87.7 Å². The second-order valence-electron chi connectivity index (χ2n) is 4.11. The Morgan fingerprint density at radius 3 is 2.40 bits per heavy atom. The van der Waals surface area contributed by atoms with E-state index in [9.17, 15) is 13.9 Å². The van der Waals surface area contributed by atoms with Crippen molar-refractivity contribution in [3.8, 4) is 0 Å². The highest BCUT2D eigenvalue weighted by Crippen LogP contribution is 2.38. The van der Waals surface area contributed by atoms with E-state index in [4.69, 9.17) is 0 Å². The first kappa shape index (κ1) is 10.6. The second-order valence-corrected chi connectivity index (χ2v) is 4.11. The third-order valence-corrected chi connectivity index (χ3v) is 3.10. The van der Waals surface area contributed by atoms with E-state index < -0.39 is 12.5 Å². The van der Waals surface area contributed by atoms with Crippen LogP contribution in [-0.4, -0.2) is 5.11 Å². The zero-order valence-electron chi connectivity index (χ0n) is 8.37. The Balaban J connectivity index is 2.16. The number of hydrogen-bond acceptors (Lipinski definition) is 1. The van der Waals surface area contributed by atoms with E-state index in [0.29, 0.717) is 5.56 Å². The second kappa shape index (κ2) is 4.27. The van der Waals surface area contributed by atoms with E-state index in [1.165, 1.54) is 12.1 Å². The molecule has 1 aliphatic carbocycles. The summed E-state index contributed by atoms with van der Waals surface area (Å²) in [5.74, 6) is 0.262. The van der Waals surface area contributed by atoms with E-state index >= 15 is 0 Å². The van der Waals surface area contributed by atoms with Crippen molar-refractivity contribution in [1.82, 2.24) is 0 Å². The number of hydrogen-bond donors (Lipinski definition) is 1. The quantitative estimate of drug-likeness (QED) is 0.813. The zero-order valence-corrected chi connectivity index (χ0v) is 8.37. The molecular formula is C12H14F2O. The summed E-state index contributed by atoms with van der Waals surface area (Å²) in [7, 11) is 0. The van der Waals surface area contributed by atoms with Gasteiger partial charge in [-0.15, -0.1) is 0 Å². The zero-order chi connectivity index (χ0) is 10.8. The number of alkyl halides is 2. The van der Waals surface area contributed by atoms with Crippen molar-refractivity contribution in [3.63, 3.8) is 0 Å². The Morgan fingerprint density at radius 1 is 1.20 bits per heavy atom. The molecule has 0 bridgehead atoms. The molecule has 1 unspecified atom stereocenters. The standard InChI is InChI=1S/C12H14F2O/c13-12(14)10-6-2-5-9(7-10)11(15)8-3-1-4-8/h2,5-8,11-12,15H,1,3-4H2. The van der Waals surface area contributed by atoms with Crippen LogP contribution in [0.4, 0.5) is 8.78 Å². The summed E-state index contributed by atoms with van der Waals surface area (Å²) < 4.78 is 24.9. The van der Waals surface area contributed by atoms with Crippen molar-refractivity contribution >= 4 is 0 Å². The van der Waals surface area contributed by atoms with Gasteiger partial charge in [0.1, 0.15) is 0 Å². The average Bonchev–Trinajstić information content (AvgIpc) is 2.15. The van der Waals surface area contributed by atoms with Crippen LogP contribution in [0.15, 0.2) is 24.3 Å². The van der Waals surface area contributed by atoms with Gasteiger partial charge in [0.25, 0.3) is 6.43 Å². The Morgan fingerprint density at radius 2 is 1.87 bits per heavy atom. The predicted molar refractivity (Wildman–Crippen MR) is 53.7 cm³/mol. The Hall–Kier alpha value is -0.960. The minimum atomic E-state index is -2.46. The molecule has 1 nitrogen and oxygen atoms in total. The number of aliphatic hydroxyl groups excluding tert-OH is 1. The van der Waals surface area contributed by atoms with Crippen LogP contribution in [0.3, 0.4) is 0 Å². The molecule has 1 N–H and O–H groups in total. The maximum absolute atomic E-state index is 12.4. The third-order valence-electron chi connectivity index (χ3n) is 3.10. The van der Waals surface area contributed by atoms with E-state index in [-0.39, 0.29) is 11.5 Å². The number of benzene rings is 1. The lowest BCUT2D eigenvalue weighted by molar-refractivity contribution is 0.0617. The van der Waals surface area contributed by atoms with E-state index in [2.05, 4.69) is 0 Å². The molecule has 1 aliphatic rings. The molecule has 82 valence electrons. The molecule has 1 atom stereocenters. The van der Waals surface area contributed by atoms with Gasteiger partial charge >= 0.3 is 0 Å². The van der Waals surface area contributed by atoms with Gasteiger partial charge in [-0.1, -0.05) is 24.6 Å². The molecule has 0 aliphatic heterocycles. The fourth-order valence-corrected chi connectivity index (χ4v) is 1.91. The molecule has 0 aromatic heterocycles. The van der Waals surface area contributed by atoms with Crippen molar-refractivity contribution < 1.29 is 13.9 Å². The normalized spacial score (nSPS) is 18.9. The number of halogens is 2. The monoisotopic (exact) mass is 212 g/mol. The van der Waals surface area contributed by atoms with Gasteiger partial charge in [-0.25, -0.2) is 8.78 Å². The van der Waals surface area contributed by atoms with Crippen LogP contribution in [0.5, 0.6) is 0 Å². The lowest BCUT2D eigenvalue weighted by atomic mass is 9.78. The van der Waals surface area contributed by atoms with Crippen LogP contribution in [-0.2, 0) is 0 Å². The summed E-state index contributed by atoms with van der Waals surface area (Å²) in [5, 5.41) is 9.90. The largest absolute Gasteiger partial charge is 0.388 e. The molecule has 0 saturated heterocycles. The summed E-state index contributed by atoms with van der Waals surface area (Å²) >= 11 is 0. The molecular weight excluding hydrogens is 198 g/mol. The maximum atomic E-state index is 12.4. The fraction of sp³-hybridized carbons (Fsp3) is 0.500. The smallest absolute Gasteiger partial charge is 0.263 e. The van der Waals surface area contributed by atoms with Crippen LogP contribution in [0, 0.1) is 5.92 Å². The van der Waals surface area contributed by atoms with Gasteiger partial charge in [-0.3, -0.25) is 0 Å². The Kier molecular flexibility index (Phi) is 3.00. The van der Waals surface area contributed by atoms with E-state index in [1.54, 1.807) is 12.1 Å².